The van der Waals surface area contributed by atoms with Gasteiger partial charge in [0.25, 0.3) is 0 Å². The predicted octanol–water partition coefficient (Wildman–Crippen LogP) is 3.94. The highest BCUT2D eigenvalue weighted by atomic mass is 127. The van der Waals surface area contributed by atoms with Crippen molar-refractivity contribution in [2.24, 2.45) is 10.4 Å². The molecule has 0 bridgehead atoms. The fraction of sp³-hybridized carbons (Fsp3) is 0.800. The maximum absolute atomic E-state index is 5.28. The van der Waals surface area contributed by atoms with Gasteiger partial charge in [-0.25, -0.2) is 4.98 Å². The van der Waals surface area contributed by atoms with Crippen molar-refractivity contribution in [2.45, 2.75) is 64.2 Å². The van der Waals surface area contributed by atoms with Crippen LogP contribution in [0.15, 0.2) is 4.99 Å². The van der Waals surface area contributed by atoms with Gasteiger partial charge in [0, 0.05) is 45.2 Å². The Bertz CT molecular complexity index is 577. The van der Waals surface area contributed by atoms with E-state index in [1.807, 2.05) is 18.4 Å². The number of rotatable bonds is 9. The summed E-state index contributed by atoms with van der Waals surface area (Å²) in [6.45, 7) is 2.79. The second-order valence-corrected chi connectivity index (χ2v) is 8.91. The van der Waals surface area contributed by atoms with Gasteiger partial charge in [-0.15, -0.1) is 35.3 Å². The molecule has 0 atom stereocenters. The van der Waals surface area contributed by atoms with Crippen LogP contribution in [0.4, 0.5) is 0 Å². The SMILES string of the molecule is CN=C(NCCCc1nc2c(s1)CCCC2)NCC1(CCOC)CCC1.I. The van der Waals surface area contributed by atoms with Gasteiger partial charge in [-0.3, -0.25) is 4.99 Å². The highest BCUT2D eigenvalue weighted by Gasteiger charge is 2.36. The first-order chi connectivity index (χ1) is 12.7. The minimum Gasteiger partial charge on any atom is -0.385 e. The van der Waals surface area contributed by atoms with Gasteiger partial charge in [-0.05, 0) is 56.8 Å². The Morgan fingerprint density at radius 2 is 2.04 bits per heavy atom. The molecule has 0 saturated heterocycles. The van der Waals surface area contributed by atoms with Crippen LogP contribution in [-0.4, -0.2) is 44.8 Å². The Morgan fingerprint density at radius 3 is 2.70 bits per heavy atom. The van der Waals surface area contributed by atoms with Gasteiger partial charge in [0.05, 0.1) is 10.7 Å². The standard InChI is InChI=1S/C20H34N4OS.HI/c1-21-19(23-15-20(10-6-11-20)12-14-25-2)22-13-5-9-18-24-16-7-3-4-8-17(16)26-18;/h3-15H2,1-2H3,(H2,21,22,23);1H. The van der Waals surface area contributed by atoms with Crippen LogP contribution in [0, 0.1) is 5.41 Å². The van der Waals surface area contributed by atoms with Crippen LogP contribution in [0.1, 0.15) is 60.5 Å². The molecule has 1 fully saturated rings. The number of nitrogens with one attached hydrogen (secondary N) is 2. The fourth-order valence-corrected chi connectivity index (χ4v) is 5.16. The molecule has 27 heavy (non-hydrogen) atoms. The lowest BCUT2D eigenvalue weighted by Crippen LogP contribution is -2.47. The van der Waals surface area contributed by atoms with Crippen molar-refractivity contribution in [1.82, 2.24) is 15.6 Å². The lowest BCUT2D eigenvalue weighted by molar-refractivity contribution is 0.0732. The zero-order chi connectivity index (χ0) is 18.2. The summed E-state index contributed by atoms with van der Waals surface area (Å²) < 4.78 is 5.28. The molecule has 1 saturated carbocycles. The summed E-state index contributed by atoms with van der Waals surface area (Å²) in [5.74, 6) is 0.923. The Morgan fingerprint density at radius 1 is 1.22 bits per heavy atom. The van der Waals surface area contributed by atoms with E-state index in [9.17, 15) is 0 Å². The van der Waals surface area contributed by atoms with E-state index in [-0.39, 0.29) is 24.0 Å². The molecular weight excluding hydrogens is 471 g/mol. The molecule has 0 radical (unpaired) electrons. The van der Waals surface area contributed by atoms with Crippen LogP contribution in [-0.2, 0) is 24.0 Å². The molecule has 2 aliphatic rings. The lowest BCUT2D eigenvalue weighted by Gasteiger charge is -2.42. The largest absolute Gasteiger partial charge is 0.385 e. The second-order valence-electron chi connectivity index (χ2n) is 7.74. The summed E-state index contributed by atoms with van der Waals surface area (Å²) in [5, 5.41) is 8.31. The molecule has 0 spiro atoms. The third kappa shape index (κ3) is 6.56. The average molecular weight is 506 g/mol. The number of aryl methyl sites for hydroxylation is 3. The number of halogens is 1. The van der Waals surface area contributed by atoms with Gasteiger partial charge in [0.15, 0.2) is 5.96 Å². The third-order valence-electron chi connectivity index (χ3n) is 5.85. The Labute approximate surface area is 185 Å². The highest BCUT2D eigenvalue weighted by Crippen LogP contribution is 2.43. The molecule has 2 N–H and O–H groups in total. The number of methoxy groups -OCH3 is 1. The average Bonchev–Trinajstić information content (AvgIpc) is 3.05. The monoisotopic (exact) mass is 506 g/mol. The second kappa shape index (κ2) is 11.6. The number of hydrogen-bond acceptors (Lipinski definition) is 4. The van der Waals surface area contributed by atoms with E-state index < -0.39 is 0 Å². The van der Waals surface area contributed by atoms with Crippen molar-refractivity contribution < 1.29 is 4.74 Å². The van der Waals surface area contributed by atoms with Crippen molar-refractivity contribution in [2.75, 3.05) is 33.9 Å². The van der Waals surface area contributed by atoms with Gasteiger partial charge in [-0.2, -0.15) is 0 Å². The molecular formula is C20H35IN4OS. The number of ether oxygens (including phenoxy) is 1. The Kier molecular flexibility index (Phi) is 9.79. The number of fused-ring (bicyclic) bond motifs is 1. The van der Waals surface area contributed by atoms with E-state index in [2.05, 4.69) is 15.6 Å². The molecule has 0 unspecified atom stereocenters. The molecule has 5 nitrogen and oxygen atoms in total. The Balaban J connectivity index is 0.00000261. The van der Waals surface area contributed by atoms with E-state index in [4.69, 9.17) is 9.72 Å². The van der Waals surface area contributed by atoms with Gasteiger partial charge in [0.2, 0.25) is 0 Å². The molecule has 154 valence electrons. The zero-order valence-corrected chi connectivity index (χ0v) is 20.0. The molecule has 0 aliphatic heterocycles. The molecule has 1 heterocycles. The van der Waals surface area contributed by atoms with E-state index in [0.717, 1.165) is 44.9 Å². The van der Waals surface area contributed by atoms with Gasteiger partial charge >= 0.3 is 0 Å². The maximum Gasteiger partial charge on any atom is 0.190 e. The normalized spacial score (nSPS) is 18.2. The number of aliphatic imine (C=N–C) groups is 1. The number of hydrogen-bond donors (Lipinski definition) is 2. The molecule has 2 aliphatic carbocycles. The zero-order valence-electron chi connectivity index (χ0n) is 16.8. The fourth-order valence-electron chi connectivity index (χ4n) is 3.96. The van der Waals surface area contributed by atoms with E-state index in [1.54, 1.807) is 12.0 Å². The molecule has 0 amide bonds. The Hall–Kier alpha value is -0.410. The van der Waals surface area contributed by atoms with E-state index in [0.29, 0.717) is 5.41 Å². The van der Waals surface area contributed by atoms with Crippen molar-refractivity contribution >= 4 is 41.3 Å². The summed E-state index contributed by atoms with van der Waals surface area (Å²) in [5.41, 5.74) is 1.79. The van der Waals surface area contributed by atoms with Crippen LogP contribution < -0.4 is 10.6 Å². The molecule has 3 rings (SSSR count). The quantitative estimate of drug-likeness (QED) is 0.231. The number of thiazole rings is 1. The molecule has 0 aromatic carbocycles. The van der Waals surface area contributed by atoms with Crippen LogP contribution in [0.5, 0.6) is 0 Å². The van der Waals surface area contributed by atoms with Crippen molar-refractivity contribution in [3.05, 3.63) is 15.6 Å². The lowest BCUT2D eigenvalue weighted by atomic mass is 9.67. The first-order valence-electron chi connectivity index (χ1n) is 10.2. The first kappa shape index (κ1) is 22.9. The van der Waals surface area contributed by atoms with Gasteiger partial charge < -0.3 is 15.4 Å². The van der Waals surface area contributed by atoms with Crippen LogP contribution in [0.25, 0.3) is 0 Å². The van der Waals surface area contributed by atoms with Crippen molar-refractivity contribution in [1.29, 1.82) is 0 Å². The summed E-state index contributed by atoms with van der Waals surface area (Å²) >= 11 is 1.94. The minimum absolute atomic E-state index is 0. The van der Waals surface area contributed by atoms with Gasteiger partial charge in [0.1, 0.15) is 0 Å². The topological polar surface area (TPSA) is 58.5 Å². The number of guanidine groups is 1. The van der Waals surface area contributed by atoms with Crippen molar-refractivity contribution in [3.8, 4) is 0 Å². The molecule has 1 aromatic rings. The van der Waals surface area contributed by atoms with E-state index in [1.165, 1.54) is 55.6 Å². The highest BCUT2D eigenvalue weighted by molar-refractivity contribution is 14.0. The van der Waals surface area contributed by atoms with Gasteiger partial charge in [-0.1, -0.05) is 6.42 Å². The molecule has 1 aromatic heterocycles. The van der Waals surface area contributed by atoms with Crippen LogP contribution in [0.2, 0.25) is 0 Å². The maximum atomic E-state index is 5.28. The number of nitrogens with zero attached hydrogens (tertiary/aromatic N) is 2. The minimum atomic E-state index is 0. The van der Waals surface area contributed by atoms with Crippen LogP contribution in [0.3, 0.4) is 0 Å². The smallest absolute Gasteiger partial charge is 0.190 e. The van der Waals surface area contributed by atoms with Crippen LogP contribution >= 0.6 is 35.3 Å². The number of aromatic nitrogens is 1. The summed E-state index contributed by atoms with van der Waals surface area (Å²) in [6, 6.07) is 0. The summed E-state index contributed by atoms with van der Waals surface area (Å²) in [6.07, 6.45) is 12.3. The molecule has 7 heteroatoms. The summed E-state index contributed by atoms with van der Waals surface area (Å²) in [4.78, 5) is 10.8. The first-order valence-corrected chi connectivity index (χ1v) is 11.0. The summed E-state index contributed by atoms with van der Waals surface area (Å²) in [7, 11) is 3.64. The third-order valence-corrected chi connectivity index (χ3v) is 7.07. The predicted molar refractivity (Wildman–Crippen MR) is 125 cm³/mol. The van der Waals surface area contributed by atoms with E-state index >= 15 is 0 Å². The van der Waals surface area contributed by atoms with Crippen molar-refractivity contribution in [3.63, 3.8) is 0 Å².